The van der Waals surface area contributed by atoms with Crippen LogP contribution in [0.15, 0.2) is 47.8 Å². The van der Waals surface area contributed by atoms with Gasteiger partial charge in [0.15, 0.2) is 5.16 Å². The number of nitrogen functional groups attached to an aromatic ring is 1. The Kier molecular flexibility index (Phi) is 3.85. The molecule has 0 radical (unpaired) electrons. The lowest BCUT2D eigenvalue weighted by Crippen LogP contribution is -2.10. The highest BCUT2D eigenvalue weighted by atomic mass is 32.2. The summed E-state index contributed by atoms with van der Waals surface area (Å²) in [4.78, 5) is 13.1. The number of nitrogens with two attached hydrogens (primary N) is 1. The molecular weight excluding hydrogens is 284 g/mol. The van der Waals surface area contributed by atoms with Gasteiger partial charge in [0.1, 0.15) is 11.6 Å². The van der Waals surface area contributed by atoms with Gasteiger partial charge in [-0.25, -0.2) is 15.8 Å². The molecule has 2 heterocycles. The fraction of sp³-hybridized carbons (Fsp3) is 0.0714. The third-order valence-corrected chi connectivity index (χ3v) is 3.48. The maximum Gasteiger partial charge on any atom is 0.191 e. The van der Waals surface area contributed by atoms with Crippen molar-refractivity contribution < 1.29 is 0 Å². The van der Waals surface area contributed by atoms with E-state index in [-0.39, 0.29) is 0 Å². The molecule has 0 amide bonds. The lowest BCUT2D eigenvalue weighted by molar-refractivity contribution is 0.971. The SMILES string of the molecule is CSc1nc(NN)cc(Nc2cccc3cccnc23)n1. The summed E-state index contributed by atoms with van der Waals surface area (Å²) in [5, 5.41) is 4.98. The average molecular weight is 298 g/mol. The van der Waals surface area contributed by atoms with E-state index < -0.39 is 0 Å². The average Bonchev–Trinajstić information content (AvgIpc) is 2.55. The van der Waals surface area contributed by atoms with E-state index in [2.05, 4.69) is 25.7 Å². The van der Waals surface area contributed by atoms with Crippen molar-refractivity contribution in [2.45, 2.75) is 5.16 Å². The molecule has 0 atom stereocenters. The molecule has 106 valence electrons. The first-order valence-corrected chi connectivity index (χ1v) is 7.53. The third kappa shape index (κ3) is 2.88. The largest absolute Gasteiger partial charge is 0.338 e. The zero-order valence-corrected chi connectivity index (χ0v) is 12.2. The Morgan fingerprint density at radius 1 is 1.10 bits per heavy atom. The molecule has 0 saturated carbocycles. The van der Waals surface area contributed by atoms with Crippen molar-refractivity contribution in [3.63, 3.8) is 0 Å². The number of nitrogens with one attached hydrogen (secondary N) is 2. The van der Waals surface area contributed by atoms with Gasteiger partial charge in [-0.2, -0.15) is 0 Å². The highest BCUT2D eigenvalue weighted by molar-refractivity contribution is 7.98. The van der Waals surface area contributed by atoms with Crippen molar-refractivity contribution in [1.82, 2.24) is 15.0 Å². The van der Waals surface area contributed by atoms with E-state index in [4.69, 9.17) is 5.84 Å². The lowest BCUT2D eigenvalue weighted by atomic mass is 10.2. The monoisotopic (exact) mass is 298 g/mol. The van der Waals surface area contributed by atoms with Crippen LogP contribution in [0, 0.1) is 0 Å². The van der Waals surface area contributed by atoms with Crippen LogP contribution in [0.2, 0.25) is 0 Å². The van der Waals surface area contributed by atoms with Crippen molar-refractivity contribution >= 4 is 40.0 Å². The van der Waals surface area contributed by atoms with Crippen LogP contribution in [0.25, 0.3) is 10.9 Å². The molecule has 7 heteroatoms. The smallest absolute Gasteiger partial charge is 0.191 e. The van der Waals surface area contributed by atoms with Crippen molar-refractivity contribution in [2.24, 2.45) is 5.84 Å². The van der Waals surface area contributed by atoms with Crippen molar-refractivity contribution in [2.75, 3.05) is 17.0 Å². The number of para-hydroxylation sites is 1. The predicted molar refractivity (Wildman–Crippen MR) is 86.6 cm³/mol. The number of aromatic nitrogens is 3. The van der Waals surface area contributed by atoms with Crippen LogP contribution in [0.4, 0.5) is 17.3 Å². The number of benzene rings is 1. The molecule has 3 aromatic rings. The number of hydrazine groups is 1. The van der Waals surface area contributed by atoms with Gasteiger partial charge in [-0.05, 0) is 18.4 Å². The summed E-state index contributed by atoms with van der Waals surface area (Å²) in [6, 6.07) is 11.7. The van der Waals surface area contributed by atoms with Gasteiger partial charge in [-0.3, -0.25) is 4.98 Å². The standard InChI is InChI=1S/C14H14N6S/c1-21-14-18-11(8-12(19-14)20-15)17-10-6-2-4-9-5-3-7-16-13(9)10/h2-8H,15H2,1H3,(H2,17,18,19,20). The Labute approximate surface area is 126 Å². The molecule has 0 bridgehead atoms. The van der Waals surface area contributed by atoms with Crippen LogP contribution in [0.1, 0.15) is 0 Å². The van der Waals surface area contributed by atoms with Crippen molar-refractivity contribution in [1.29, 1.82) is 0 Å². The molecule has 0 fully saturated rings. The summed E-state index contributed by atoms with van der Waals surface area (Å²) in [5.41, 5.74) is 4.33. The van der Waals surface area contributed by atoms with Gasteiger partial charge < -0.3 is 10.7 Å². The van der Waals surface area contributed by atoms with Gasteiger partial charge in [0.05, 0.1) is 11.2 Å². The Balaban J connectivity index is 2.02. The maximum absolute atomic E-state index is 5.44. The number of rotatable bonds is 4. The fourth-order valence-corrected chi connectivity index (χ4v) is 2.38. The second kappa shape index (κ2) is 5.94. The molecule has 0 saturated heterocycles. The van der Waals surface area contributed by atoms with E-state index in [1.807, 2.05) is 36.6 Å². The minimum Gasteiger partial charge on any atom is -0.338 e. The molecule has 3 rings (SSSR count). The summed E-state index contributed by atoms with van der Waals surface area (Å²) in [5.74, 6) is 6.66. The molecular formula is C14H14N6S. The molecule has 4 N–H and O–H groups in total. The quantitative estimate of drug-likeness (QED) is 0.295. The normalized spacial score (nSPS) is 10.6. The number of anilines is 3. The first kappa shape index (κ1) is 13.6. The Morgan fingerprint density at radius 2 is 1.90 bits per heavy atom. The molecule has 2 aromatic heterocycles. The highest BCUT2D eigenvalue weighted by Crippen LogP contribution is 2.25. The van der Waals surface area contributed by atoms with Crippen molar-refractivity contribution in [3.05, 3.63) is 42.6 Å². The fourth-order valence-electron chi connectivity index (χ4n) is 2.00. The molecule has 21 heavy (non-hydrogen) atoms. The number of nitrogens with zero attached hydrogens (tertiary/aromatic N) is 3. The van der Waals surface area contributed by atoms with E-state index in [1.54, 1.807) is 12.3 Å². The molecule has 0 spiro atoms. The zero-order valence-electron chi connectivity index (χ0n) is 11.4. The Bertz CT molecular complexity index is 749. The minimum atomic E-state index is 0.560. The lowest BCUT2D eigenvalue weighted by Gasteiger charge is -2.10. The summed E-state index contributed by atoms with van der Waals surface area (Å²) in [6.45, 7) is 0. The van der Waals surface area contributed by atoms with Crippen LogP contribution in [-0.2, 0) is 0 Å². The Morgan fingerprint density at radius 3 is 2.71 bits per heavy atom. The van der Waals surface area contributed by atoms with Gasteiger partial charge in [0, 0.05) is 17.6 Å². The topological polar surface area (TPSA) is 88.8 Å². The van der Waals surface area contributed by atoms with Gasteiger partial charge in [0.2, 0.25) is 0 Å². The highest BCUT2D eigenvalue weighted by Gasteiger charge is 2.06. The molecule has 6 nitrogen and oxygen atoms in total. The zero-order chi connectivity index (χ0) is 14.7. The third-order valence-electron chi connectivity index (χ3n) is 2.93. The van der Waals surface area contributed by atoms with Crippen LogP contribution >= 0.6 is 11.8 Å². The maximum atomic E-state index is 5.44. The molecule has 0 aliphatic heterocycles. The van der Waals surface area contributed by atoms with Gasteiger partial charge >= 0.3 is 0 Å². The number of thioether (sulfide) groups is 1. The number of hydrogen-bond acceptors (Lipinski definition) is 7. The first-order chi connectivity index (χ1) is 10.3. The predicted octanol–water partition coefficient (Wildman–Crippen LogP) is 2.78. The van der Waals surface area contributed by atoms with Gasteiger partial charge in [-0.1, -0.05) is 30.0 Å². The van der Waals surface area contributed by atoms with Crippen LogP contribution in [0.5, 0.6) is 0 Å². The summed E-state index contributed by atoms with van der Waals surface area (Å²) < 4.78 is 0. The summed E-state index contributed by atoms with van der Waals surface area (Å²) in [6.07, 6.45) is 3.69. The Hall–Kier alpha value is -2.38. The summed E-state index contributed by atoms with van der Waals surface area (Å²) in [7, 11) is 0. The summed E-state index contributed by atoms with van der Waals surface area (Å²) >= 11 is 1.45. The van der Waals surface area contributed by atoms with E-state index >= 15 is 0 Å². The first-order valence-electron chi connectivity index (χ1n) is 6.30. The molecule has 0 aliphatic rings. The van der Waals surface area contributed by atoms with Gasteiger partial charge in [-0.15, -0.1) is 0 Å². The van der Waals surface area contributed by atoms with E-state index in [0.717, 1.165) is 16.6 Å². The van der Waals surface area contributed by atoms with Crippen LogP contribution in [-0.4, -0.2) is 21.2 Å². The van der Waals surface area contributed by atoms with Gasteiger partial charge in [0.25, 0.3) is 0 Å². The second-order valence-corrected chi connectivity index (χ2v) is 5.05. The van der Waals surface area contributed by atoms with E-state index in [9.17, 15) is 0 Å². The number of fused-ring (bicyclic) bond motifs is 1. The second-order valence-electron chi connectivity index (χ2n) is 4.28. The number of hydrogen-bond donors (Lipinski definition) is 3. The van der Waals surface area contributed by atoms with Crippen molar-refractivity contribution in [3.8, 4) is 0 Å². The number of pyridine rings is 1. The van der Waals surface area contributed by atoms with E-state index in [1.165, 1.54) is 11.8 Å². The van der Waals surface area contributed by atoms with Crippen LogP contribution < -0.4 is 16.6 Å². The van der Waals surface area contributed by atoms with Crippen LogP contribution in [0.3, 0.4) is 0 Å². The molecule has 0 unspecified atom stereocenters. The van der Waals surface area contributed by atoms with E-state index in [0.29, 0.717) is 16.8 Å². The molecule has 1 aromatic carbocycles. The minimum absolute atomic E-state index is 0.560. The molecule has 0 aliphatic carbocycles.